The average molecular weight is 255 g/mol. The molecule has 1 amide bonds. The second kappa shape index (κ2) is 4.61. The molecule has 2 aromatic heterocycles. The summed E-state index contributed by atoms with van der Waals surface area (Å²) >= 11 is 0. The summed E-state index contributed by atoms with van der Waals surface area (Å²) in [7, 11) is 1.77. The molecular weight excluding hydrogens is 242 g/mol. The number of fused-ring (bicyclic) bond motifs is 1. The molecule has 0 fully saturated rings. The maximum atomic E-state index is 12.3. The fraction of sp³-hybridized carbons (Fsp3) is 0.143. The Labute approximate surface area is 109 Å². The van der Waals surface area contributed by atoms with Gasteiger partial charge in [-0.2, -0.15) is 5.10 Å². The van der Waals surface area contributed by atoms with E-state index in [9.17, 15) is 4.79 Å². The van der Waals surface area contributed by atoms with Crippen molar-refractivity contribution in [1.29, 1.82) is 0 Å². The summed E-state index contributed by atoms with van der Waals surface area (Å²) < 4.78 is 5.00. The van der Waals surface area contributed by atoms with Crippen LogP contribution >= 0.6 is 0 Å². The van der Waals surface area contributed by atoms with Gasteiger partial charge in [0.05, 0.1) is 24.2 Å². The van der Waals surface area contributed by atoms with Gasteiger partial charge in [0.25, 0.3) is 5.91 Å². The highest BCUT2D eigenvalue weighted by molar-refractivity contribution is 5.97. The van der Waals surface area contributed by atoms with Gasteiger partial charge in [0.2, 0.25) is 0 Å². The predicted octanol–water partition coefficient (Wildman–Crippen LogP) is 2.43. The number of benzene rings is 1. The number of carbonyl (C=O) groups excluding carboxylic acids is 1. The fourth-order valence-electron chi connectivity index (χ4n) is 2.02. The van der Waals surface area contributed by atoms with Crippen molar-refractivity contribution in [2.75, 3.05) is 7.05 Å². The topological polar surface area (TPSA) is 62.1 Å². The van der Waals surface area contributed by atoms with Crippen molar-refractivity contribution >= 4 is 16.8 Å². The molecule has 0 saturated carbocycles. The summed E-state index contributed by atoms with van der Waals surface area (Å²) in [4.78, 5) is 14.0. The molecule has 3 aromatic rings. The average Bonchev–Trinajstić information content (AvgIpc) is 3.07. The van der Waals surface area contributed by atoms with Crippen LogP contribution in [0, 0.1) is 0 Å². The van der Waals surface area contributed by atoms with Gasteiger partial charge in [-0.15, -0.1) is 0 Å². The minimum atomic E-state index is -0.0299. The Morgan fingerprint density at radius 1 is 1.42 bits per heavy atom. The Kier molecular flexibility index (Phi) is 2.79. The van der Waals surface area contributed by atoms with Gasteiger partial charge in [-0.05, 0) is 18.2 Å². The summed E-state index contributed by atoms with van der Waals surface area (Å²) in [6, 6.07) is 7.36. The Morgan fingerprint density at radius 3 is 3.11 bits per heavy atom. The van der Waals surface area contributed by atoms with Crippen LogP contribution < -0.4 is 0 Å². The van der Waals surface area contributed by atoms with Crippen molar-refractivity contribution in [3.63, 3.8) is 0 Å². The van der Waals surface area contributed by atoms with E-state index in [4.69, 9.17) is 4.42 Å². The van der Waals surface area contributed by atoms with Gasteiger partial charge in [-0.3, -0.25) is 9.89 Å². The molecule has 1 aromatic carbocycles. The normalized spacial score (nSPS) is 10.8. The van der Waals surface area contributed by atoms with Gasteiger partial charge in [0.15, 0.2) is 0 Å². The maximum absolute atomic E-state index is 12.3. The number of H-pyrrole nitrogens is 1. The molecule has 0 saturated heterocycles. The number of aromatic amines is 1. The molecule has 0 spiro atoms. The van der Waals surface area contributed by atoms with Crippen LogP contribution in [0.4, 0.5) is 0 Å². The van der Waals surface area contributed by atoms with Crippen LogP contribution in [0.1, 0.15) is 15.9 Å². The van der Waals surface area contributed by atoms with Gasteiger partial charge in [0.1, 0.15) is 0 Å². The molecule has 96 valence electrons. The lowest BCUT2D eigenvalue weighted by Crippen LogP contribution is -2.25. The molecule has 5 heteroatoms. The number of nitrogens with one attached hydrogen (secondary N) is 1. The third-order valence-corrected chi connectivity index (χ3v) is 3.04. The lowest BCUT2D eigenvalue weighted by molar-refractivity contribution is 0.0785. The zero-order valence-electron chi connectivity index (χ0n) is 10.5. The summed E-state index contributed by atoms with van der Waals surface area (Å²) in [5, 5.41) is 7.80. The van der Waals surface area contributed by atoms with Gasteiger partial charge < -0.3 is 9.32 Å². The van der Waals surface area contributed by atoms with E-state index in [0.29, 0.717) is 12.1 Å². The third-order valence-electron chi connectivity index (χ3n) is 3.04. The number of hydrogen-bond donors (Lipinski definition) is 1. The molecule has 5 nitrogen and oxygen atoms in total. The molecular formula is C14H13N3O2. The van der Waals surface area contributed by atoms with E-state index in [2.05, 4.69) is 10.2 Å². The first kappa shape index (κ1) is 11.5. The van der Waals surface area contributed by atoms with E-state index in [1.165, 1.54) is 0 Å². The van der Waals surface area contributed by atoms with Crippen LogP contribution in [0.5, 0.6) is 0 Å². The minimum Gasteiger partial charge on any atom is -0.472 e. The van der Waals surface area contributed by atoms with Crippen molar-refractivity contribution < 1.29 is 9.21 Å². The zero-order valence-corrected chi connectivity index (χ0v) is 10.5. The van der Waals surface area contributed by atoms with Crippen LogP contribution in [0.15, 0.2) is 47.4 Å². The lowest BCUT2D eigenvalue weighted by Gasteiger charge is -2.16. The highest BCUT2D eigenvalue weighted by atomic mass is 16.3. The first-order chi connectivity index (χ1) is 9.24. The summed E-state index contributed by atoms with van der Waals surface area (Å²) in [6.45, 7) is 0.524. The standard InChI is InChI=1S/C14H13N3O2/c1-17(8-10-4-5-19-9-10)14(18)11-2-3-12-7-15-16-13(12)6-11/h2-7,9H,8H2,1H3,(H,15,16). The Bertz CT molecular complexity index is 700. The summed E-state index contributed by atoms with van der Waals surface area (Å²) in [5.74, 6) is -0.0299. The van der Waals surface area contributed by atoms with Gasteiger partial charge in [0, 0.05) is 30.1 Å². The summed E-state index contributed by atoms with van der Waals surface area (Å²) in [5.41, 5.74) is 2.48. The lowest BCUT2D eigenvalue weighted by atomic mass is 10.1. The molecule has 0 bridgehead atoms. The van der Waals surface area contributed by atoms with E-state index < -0.39 is 0 Å². The fourth-order valence-corrected chi connectivity index (χ4v) is 2.02. The van der Waals surface area contributed by atoms with Crippen LogP contribution in [-0.4, -0.2) is 28.1 Å². The van der Waals surface area contributed by atoms with Crippen molar-refractivity contribution in [3.8, 4) is 0 Å². The molecule has 0 unspecified atom stereocenters. The SMILES string of the molecule is CN(Cc1ccoc1)C(=O)c1ccc2cn[nH]c2c1. The second-order valence-corrected chi connectivity index (χ2v) is 4.46. The molecule has 0 aliphatic carbocycles. The van der Waals surface area contributed by atoms with Crippen molar-refractivity contribution in [3.05, 3.63) is 54.1 Å². The number of amides is 1. The van der Waals surface area contributed by atoms with Crippen LogP contribution in [-0.2, 0) is 6.54 Å². The quantitative estimate of drug-likeness (QED) is 0.781. The largest absolute Gasteiger partial charge is 0.472 e. The van der Waals surface area contributed by atoms with Crippen LogP contribution in [0.2, 0.25) is 0 Å². The molecule has 3 rings (SSSR count). The highest BCUT2D eigenvalue weighted by Gasteiger charge is 2.13. The zero-order chi connectivity index (χ0) is 13.2. The first-order valence-electron chi connectivity index (χ1n) is 5.94. The Morgan fingerprint density at radius 2 is 2.32 bits per heavy atom. The van der Waals surface area contributed by atoms with Gasteiger partial charge in [-0.1, -0.05) is 6.07 Å². The van der Waals surface area contributed by atoms with Crippen molar-refractivity contribution in [2.24, 2.45) is 0 Å². The van der Waals surface area contributed by atoms with Crippen LogP contribution in [0.3, 0.4) is 0 Å². The smallest absolute Gasteiger partial charge is 0.253 e. The minimum absolute atomic E-state index is 0.0299. The molecule has 0 aliphatic heterocycles. The van der Waals surface area contributed by atoms with Crippen molar-refractivity contribution in [1.82, 2.24) is 15.1 Å². The second-order valence-electron chi connectivity index (χ2n) is 4.46. The molecule has 2 heterocycles. The van der Waals surface area contributed by atoms with Crippen LogP contribution in [0.25, 0.3) is 10.9 Å². The van der Waals surface area contributed by atoms with E-state index >= 15 is 0 Å². The first-order valence-corrected chi connectivity index (χ1v) is 5.94. The van der Waals surface area contributed by atoms with Gasteiger partial charge in [-0.25, -0.2) is 0 Å². The van der Waals surface area contributed by atoms with E-state index in [0.717, 1.165) is 16.5 Å². The molecule has 0 aliphatic rings. The maximum Gasteiger partial charge on any atom is 0.253 e. The van der Waals surface area contributed by atoms with E-state index in [-0.39, 0.29) is 5.91 Å². The van der Waals surface area contributed by atoms with Crippen molar-refractivity contribution in [2.45, 2.75) is 6.54 Å². The number of hydrogen-bond acceptors (Lipinski definition) is 3. The Hall–Kier alpha value is -2.56. The number of nitrogens with zero attached hydrogens (tertiary/aromatic N) is 2. The predicted molar refractivity (Wildman–Crippen MR) is 70.6 cm³/mol. The van der Waals surface area contributed by atoms with Gasteiger partial charge >= 0.3 is 0 Å². The monoisotopic (exact) mass is 255 g/mol. The number of furan rings is 1. The molecule has 0 atom stereocenters. The number of carbonyl (C=O) groups is 1. The molecule has 1 N–H and O–H groups in total. The van der Waals surface area contributed by atoms with E-state index in [1.807, 2.05) is 24.3 Å². The molecule has 19 heavy (non-hydrogen) atoms. The highest BCUT2D eigenvalue weighted by Crippen LogP contribution is 2.15. The van der Waals surface area contributed by atoms with E-state index in [1.54, 1.807) is 30.7 Å². The Balaban J connectivity index is 1.82. The summed E-state index contributed by atoms with van der Waals surface area (Å²) in [6.07, 6.45) is 4.98. The number of rotatable bonds is 3. The molecule has 0 radical (unpaired) electrons. The number of aromatic nitrogens is 2. The third kappa shape index (κ3) is 2.22.